The largest absolute Gasteiger partial charge is 0.472 e. The monoisotopic (exact) mass is 1350 g/mol. The molecule has 0 rings (SSSR count). The van der Waals surface area contributed by atoms with Crippen molar-refractivity contribution >= 4 is 39.5 Å². The standard InChI is InChI=1S/C73H142O17P2/c1-9-66(8)52-44-36-27-21-16-17-22-28-37-45-53-70(75)83-59-68(89-72(77)55-47-39-29-23-15-13-11-10-12-14-19-25-33-41-49-63(2)3)61-87-91(79,80)85-57-67(74)58-86-92(81,82)88-62-69(60-84-71(76)54-46-38-32-31-35-43-51-65(6)7)90-73(78)56-48-40-30-24-18-20-26-34-42-50-64(4)5/h63-69,74H,9-62H2,1-8H3,(H,79,80)(H,81,82)/t66?,67-,68-,69-/m1/s1. The number of hydrogen-bond acceptors (Lipinski definition) is 15. The highest BCUT2D eigenvalue weighted by Crippen LogP contribution is 2.45. The Morgan fingerprint density at radius 3 is 0.772 bits per heavy atom. The van der Waals surface area contributed by atoms with Crippen LogP contribution in [0, 0.1) is 23.7 Å². The SMILES string of the molecule is CCC(C)CCCCCCCCCCCCC(=O)OC[C@H](COP(=O)(O)OC[C@@H](O)COP(=O)(O)OC[C@@H](COC(=O)CCCCCCCCC(C)C)OC(=O)CCCCCCCCCCCC(C)C)OC(=O)CCCCCCCCCCCCCCCCC(C)C. The van der Waals surface area contributed by atoms with Crippen molar-refractivity contribution in [2.24, 2.45) is 23.7 Å². The predicted molar refractivity (Wildman–Crippen MR) is 372 cm³/mol. The zero-order valence-electron chi connectivity index (χ0n) is 60.2. The van der Waals surface area contributed by atoms with E-state index in [0.717, 1.165) is 114 Å². The van der Waals surface area contributed by atoms with Gasteiger partial charge in [0.1, 0.15) is 19.3 Å². The lowest BCUT2D eigenvalue weighted by molar-refractivity contribution is -0.161. The topological polar surface area (TPSA) is 237 Å². The van der Waals surface area contributed by atoms with Gasteiger partial charge in [0.25, 0.3) is 0 Å². The first kappa shape index (κ1) is 90.1. The number of rotatable bonds is 70. The molecule has 0 saturated carbocycles. The molecule has 3 unspecified atom stereocenters. The molecule has 3 N–H and O–H groups in total. The van der Waals surface area contributed by atoms with E-state index < -0.39 is 97.5 Å². The minimum atomic E-state index is -4.96. The molecule has 0 saturated heterocycles. The van der Waals surface area contributed by atoms with Crippen molar-refractivity contribution in [1.82, 2.24) is 0 Å². The summed E-state index contributed by atoms with van der Waals surface area (Å²) in [6, 6.07) is 0. The zero-order chi connectivity index (χ0) is 68.2. The average Bonchev–Trinajstić information content (AvgIpc) is 3.72. The molecule has 0 aromatic carbocycles. The van der Waals surface area contributed by atoms with E-state index in [1.54, 1.807) is 0 Å². The van der Waals surface area contributed by atoms with Gasteiger partial charge in [-0.1, -0.05) is 312 Å². The van der Waals surface area contributed by atoms with Crippen molar-refractivity contribution in [3.8, 4) is 0 Å². The summed E-state index contributed by atoms with van der Waals surface area (Å²) in [6.45, 7) is 14.1. The second kappa shape index (κ2) is 62.6. The molecule has 0 aromatic heterocycles. The van der Waals surface area contributed by atoms with Crippen LogP contribution in [0.25, 0.3) is 0 Å². The summed E-state index contributed by atoms with van der Waals surface area (Å²) in [6.07, 6.45) is 45.9. The molecule has 19 heteroatoms. The Balaban J connectivity index is 5.25. The van der Waals surface area contributed by atoms with E-state index >= 15 is 0 Å². The van der Waals surface area contributed by atoms with Gasteiger partial charge < -0.3 is 33.8 Å². The first-order chi connectivity index (χ1) is 44.1. The van der Waals surface area contributed by atoms with Crippen LogP contribution in [0.4, 0.5) is 0 Å². The summed E-state index contributed by atoms with van der Waals surface area (Å²) in [5, 5.41) is 10.6. The van der Waals surface area contributed by atoms with Crippen LogP contribution in [0.3, 0.4) is 0 Å². The van der Waals surface area contributed by atoms with Gasteiger partial charge in [-0.15, -0.1) is 0 Å². The van der Waals surface area contributed by atoms with E-state index in [-0.39, 0.29) is 25.7 Å². The Bertz CT molecular complexity index is 1820. The maximum atomic E-state index is 13.1. The van der Waals surface area contributed by atoms with Gasteiger partial charge in [0.15, 0.2) is 12.2 Å². The van der Waals surface area contributed by atoms with Gasteiger partial charge in [-0.05, 0) is 49.4 Å². The third kappa shape index (κ3) is 65.4. The Morgan fingerprint density at radius 2 is 0.522 bits per heavy atom. The number of ether oxygens (including phenoxy) is 4. The quantitative estimate of drug-likeness (QED) is 0.0222. The van der Waals surface area contributed by atoms with Crippen molar-refractivity contribution in [2.75, 3.05) is 39.6 Å². The molecule has 0 spiro atoms. The number of carbonyl (C=O) groups excluding carboxylic acids is 4. The number of unbranched alkanes of at least 4 members (excludes halogenated alkanes) is 35. The molecule has 0 aliphatic heterocycles. The Labute approximate surface area is 562 Å². The van der Waals surface area contributed by atoms with Crippen LogP contribution < -0.4 is 0 Å². The van der Waals surface area contributed by atoms with Crippen molar-refractivity contribution in [2.45, 2.75) is 382 Å². The van der Waals surface area contributed by atoms with Crippen LogP contribution in [0.5, 0.6) is 0 Å². The fourth-order valence-electron chi connectivity index (χ4n) is 11.0. The Hall–Kier alpha value is -1.94. The molecule has 0 amide bonds. The molecule has 0 heterocycles. The van der Waals surface area contributed by atoms with Gasteiger partial charge in [0.05, 0.1) is 26.4 Å². The van der Waals surface area contributed by atoms with Gasteiger partial charge in [0.2, 0.25) is 0 Å². The number of phosphoric ester groups is 2. The van der Waals surface area contributed by atoms with Gasteiger partial charge in [-0.2, -0.15) is 0 Å². The number of carbonyl (C=O) groups is 4. The third-order valence-corrected chi connectivity index (χ3v) is 19.1. The molecule has 546 valence electrons. The Kier molecular flexibility index (Phi) is 61.3. The van der Waals surface area contributed by atoms with Crippen molar-refractivity contribution < 1.29 is 80.2 Å². The third-order valence-electron chi connectivity index (χ3n) is 17.2. The van der Waals surface area contributed by atoms with Gasteiger partial charge in [-0.3, -0.25) is 37.3 Å². The molecule has 92 heavy (non-hydrogen) atoms. The average molecular weight is 1350 g/mol. The van der Waals surface area contributed by atoms with Gasteiger partial charge >= 0.3 is 39.5 Å². The van der Waals surface area contributed by atoms with E-state index in [1.807, 2.05) is 0 Å². The van der Waals surface area contributed by atoms with Gasteiger partial charge in [-0.25, -0.2) is 9.13 Å². The second-order valence-electron chi connectivity index (χ2n) is 28.0. The second-order valence-corrected chi connectivity index (χ2v) is 30.9. The van der Waals surface area contributed by atoms with E-state index in [4.69, 9.17) is 37.0 Å². The van der Waals surface area contributed by atoms with Gasteiger partial charge in [0, 0.05) is 25.7 Å². The fraction of sp³-hybridized carbons (Fsp3) is 0.945. The van der Waals surface area contributed by atoms with E-state index in [9.17, 15) is 43.2 Å². The molecule has 6 atom stereocenters. The molecule has 0 radical (unpaired) electrons. The summed E-state index contributed by atoms with van der Waals surface area (Å²) < 4.78 is 68.4. The van der Waals surface area contributed by atoms with Crippen molar-refractivity contribution in [1.29, 1.82) is 0 Å². The Morgan fingerprint density at radius 1 is 0.304 bits per heavy atom. The van der Waals surface area contributed by atoms with Crippen LogP contribution in [0.1, 0.15) is 364 Å². The first-order valence-corrected chi connectivity index (χ1v) is 40.7. The molecule has 17 nitrogen and oxygen atoms in total. The summed E-state index contributed by atoms with van der Waals surface area (Å²) in [5.74, 6) is 0.894. The van der Waals surface area contributed by atoms with E-state index in [1.165, 1.54) is 161 Å². The van der Waals surface area contributed by atoms with Crippen LogP contribution in [-0.4, -0.2) is 96.7 Å². The number of aliphatic hydroxyl groups excluding tert-OH is 1. The smallest absolute Gasteiger partial charge is 0.462 e. The van der Waals surface area contributed by atoms with Crippen LogP contribution in [0.15, 0.2) is 0 Å². The highest BCUT2D eigenvalue weighted by Gasteiger charge is 2.30. The highest BCUT2D eigenvalue weighted by molar-refractivity contribution is 7.47. The molecule has 0 fully saturated rings. The highest BCUT2D eigenvalue weighted by atomic mass is 31.2. The minimum absolute atomic E-state index is 0.104. The fourth-order valence-corrected chi connectivity index (χ4v) is 12.6. The zero-order valence-corrected chi connectivity index (χ0v) is 62.0. The van der Waals surface area contributed by atoms with Crippen molar-refractivity contribution in [3.05, 3.63) is 0 Å². The summed E-state index contributed by atoms with van der Waals surface area (Å²) in [5.41, 5.74) is 0. The molecule has 0 aliphatic rings. The predicted octanol–water partition coefficient (Wildman–Crippen LogP) is 20.9. The molecular weight excluding hydrogens is 1210 g/mol. The summed E-state index contributed by atoms with van der Waals surface area (Å²) in [4.78, 5) is 72.6. The summed E-state index contributed by atoms with van der Waals surface area (Å²) >= 11 is 0. The van der Waals surface area contributed by atoms with Crippen molar-refractivity contribution in [3.63, 3.8) is 0 Å². The number of hydrogen-bond donors (Lipinski definition) is 3. The maximum absolute atomic E-state index is 13.1. The molecular formula is C73H142O17P2. The number of phosphoric acid groups is 2. The minimum Gasteiger partial charge on any atom is -0.462 e. The van der Waals surface area contributed by atoms with E-state index in [2.05, 4.69) is 55.4 Å². The number of aliphatic hydroxyl groups is 1. The van der Waals surface area contributed by atoms with Crippen LogP contribution >= 0.6 is 15.6 Å². The lowest BCUT2D eigenvalue weighted by Gasteiger charge is -2.21. The maximum Gasteiger partial charge on any atom is 0.472 e. The lowest BCUT2D eigenvalue weighted by atomic mass is 9.99. The normalized spacial score (nSPS) is 14.5. The molecule has 0 aliphatic carbocycles. The summed E-state index contributed by atoms with van der Waals surface area (Å²) in [7, 11) is -9.91. The first-order valence-electron chi connectivity index (χ1n) is 37.7. The number of esters is 4. The molecule has 0 aromatic rings. The van der Waals surface area contributed by atoms with Crippen LogP contribution in [0.2, 0.25) is 0 Å². The lowest BCUT2D eigenvalue weighted by Crippen LogP contribution is -2.30. The molecule has 0 bridgehead atoms. The van der Waals surface area contributed by atoms with Crippen LogP contribution in [-0.2, 0) is 65.4 Å². The van der Waals surface area contributed by atoms with E-state index in [0.29, 0.717) is 31.6 Å².